The lowest BCUT2D eigenvalue weighted by Crippen LogP contribution is -2.40. The number of amides is 1. The van der Waals surface area contributed by atoms with Crippen molar-refractivity contribution in [1.82, 2.24) is 5.32 Å². The number of anilines is 1. The maximum Gasteiger partial charge on any atom is 0.240 e. The number of nitrogens with one attached hydrogen (secondary N) is 1. The molecule has 0 atom stereocenters. The van der Waals surface area contributed by atoms with Gasteiger partial charge in [-0.25, -0.2) is 8.42 Å². The molecule has 0 radical (unpaired) electrons. The third kappa shape index (κ3) is 7.56. The van der Waals surface area contributed by atoms with Gasteiger partial charge in [0, 0.05) is 16.8 Å². The van der Waals surface area contributed by atoms with Crippen LogP contribution >= 0.6 is 27.7 Å². The molecule has 0 unspecified atom stereocenters. The third-order valence-corrected chi connectivity index (χ3v) is 6.62. The van der Waals surface area contributed by atoms with Crippen LogP contribution in [0.25, 0.3) is 0 Å². The van der Waals surface area contributed by atoms with Crippen molar-refractivity contribution in [1.29, 1.82) is 0 Å². The van der Waals surface area contributed by atoms with Crippen LogP contribution in [0.5, 0.6) is 0 Å². The van der Waals surface area contributed by atoms with Crippen LogP contribution in [0.1, 0.15) is 12.0 Å². The van der Waals surface area contributed by atoms with E-state index in [1.54, 1.807) is 24.3 Å². The molecule has 0 bridgehead atoms. The number of nitrogens with zero attached hydrogens (tertiary/aromatic N) is 1. The van der Waals surface area contributed by atoms with E-state index in [0.717, 1.165) is 28.5 Å². The van der Waals surface area contributed by atoms with Crippen LogP contribution in [0, 0.1) is 0 Å². The van der Waals surface area contributed by atoms with Crippen molar-refractivity contribution in [2.45, 2.75) is 12.2 Å². The molecule has 2 aromatic rings. The first-order valence-electron chi connectivity index (χ1n) is 8.48. The fourth-order valence-corrected chi connectivity index (χ4v) is 4.79. The molecule has 0 spiro atoms. The number of rotatable bonds is 10. The summed E-state index contributed by atoms with van der Waals surface area (Å²) in [5.41, 5.74) is 1.73. The molecule has 1 N–H and O–H groups in total. The van der Waals surface area contributed by atoms with Gasteiger partial charge in [0.2, 0.25) is 15.9 Å². The average molecular weight is 471 g/mol. The number of carbonyl (C=O) groups excluding carboxylic acids is 1. The van der Waals surface area contributed by atoms with E-state index >= 15 is 0 Å². The number of thioether (sulfide) groups is 1. The lowest BCUT2D eigenvalue weighted by atomic mass is 10.2. The van der Waals surface area contributed by atoms with Crippen molar-refractivity contribution in [3.8, 4) is 0 Å². The zero-order valence-electron chi connectivity index (χ0n) is 15.1. The number of hydrogen-bond acceptors (Lipinski definition) is 4. The van der Waals surface area contributed by atoms with Crippen LogP contribution < -0.4 is 9.62 Å². The highest BCUT2D eigenvalue weighted by Gasteiger charge is 2.22. The standard InChI is InChI=1S/C19H23BrN2O3S2/c1-27(24,25)22(18-11-6-5-10-17(18)20)14-19(23)21-12-7-13-26-15-16-8-3-2-4-9-16/h2-6,8-11H,7,12-15H2,1H3,(H,21,23). The molecule has 0 aliphatic carbocycles. The number of para-hydroxylation sites is 1. The predicted molar refractivity (Wildman–Crippen MR) is 117 cm³/mol. The van der Waals surface area contributed by atoms with Gasteiger partial charge in [0.25, 0.3) is 0 Å². The first-order chi connectivity index (χ1) is 12.9. The van der Waals surface area contributed by atoms with Gasteiger partial charge in [0.15, 0.2) is 0 Å². The number of sulfonamides is 1. The van der Waals surface area contributed by atoms with Crippen LogP contribution in [0.4, 0.5) is 5.69 Å². The molecular formula is C19H23BrN2O3S2. The maximum atomic E-state index is 12.2. The Labute approximate surface area is 173 Å². The van der Waals surface area contributed by atoms with Crippen LogP contribution in [0.15, 0.2) is 59.1 Å². The highest BCUT2D eigenvalue weighted by atomic mass is 79.9. The van der Waals surface area contributed by atoms with E-state index in [4.69, 9.17) is 0 Å². The molecule has 146 valence electrons. The molecule has 27 heavy (non-hydrogen) atoms. The van der Waals surface area contributed by atoms with Gasteiger partial charge in [-0.3, -0.25) is 9.10 Å². The Balaban J connectivity index is 1.77. The summed E-state index contributed by atoms with van der Waals surface area (Å²) in [6, 6.07) is 17.2. The average Bonchev–Trinajstić information content (AvgIpc) is 2.63. The van der Waals surface area contributed by atoms with Crippen molar-refractivity contribution >= 4 is 49.3 Å². The van der Waals surface area contributed by atoms with Crippen molar-refractivity contribution in [3.63, 3.8) is 0 Å². The minimum Gasteiger partial charge on any atom is -0.354 e. The Hall–Kier alpha value is -1.51. The molecule has 0 aromatic heterocycles. The molecule has 5 nitrogen and oxygen atoms in total. The summed E-state index contributed by atoms with van der Waals surface area (Å²) in [5.74, 6) is 1.55. The van der Waals surface area contributed by atoms with Gasteiger partial charge in [-0.1, -0.05) is 42.5 Å². The fraction of sp³-hybridized carbons (Fsp3) is 0.316. The van der Waals surface area contributed by atoms with Gasteiger partial charge in [-0.15, -0.1) is 0 Å². The highest BCUT2D eigenvalue weighted by molar-refractivity contribution is 9.10. The smallest absolute Gasteiger partial charge is 0.240 e. The second kappa shape index (κ2) is 10.7. The number of benzene rings is 2. The zero-order valence-corrected chi connectivity index (χ0v) is 18.3. The van der Waals surface area contributed by atoms with Crippen LogP contribution in [0.3, 0.4) is 0 Å². The van der Waals surface area contributed by atoms with Crippen molar-refractivity contribution in [2.75, 3.05) is 29.4 Å². The van der Waals surface area contributed by atoms with Gasteiger partial charge < -0.3 is 5.32 Å². The van der Waals surface area contributed by atoms with E-state index in [9.17, 15) is 13.2 Å². The minimum atomic E-state index is -3.57. The lowest BCUT2D eigenvalue weighted by Gasteiger charge is -2.23. The summed E-state index contributed by atoms with van der Waals surface area (Å²) in [7, 11) is -3.57. The second-order valence-electron chi connectivity index (χ2n) is 5.96. The molecule has 0 heterocycles. The van der Waals surface area contributed by atoms with Gasteiger partial charge in [0.05, 0.1) is 11.9 Å². The SMILES string of the molecule is CS(=O)(=O)N(CC(=O)NCCCSCc1ccccc1)c1ccccc1Br. The Kier molecular flexibility index (Phi) is 8.66. The van der Waals surface area contributed by atoms with Crippen LogP contribution in [0.2, 0.25) is 0 Å². The van der Waals surface area contributed by atoms with E-state index in [1.807, 2.05) is 30.0 Å². The Morgan fingerprint density at radius 2 is 1.78 bits per heavy atom. The predicted octanol–water partition coefficient (Wildman–Crippen LogP) is 3.65. The molecular weight excluding hydrogens is 448 g/mol. The Morgan fingerprint density at radius 3 is 2.44 bits per heavy atom. The molecule has 8 heteroatoms. The Morgan fingerprint density at radius 1 is 1.11 bits per heavy atom. The van der Waals surface area contributed by atoms with Gasteiger partial charge in [-0.05, 0) is 45.8 Å². The molecule has 0 aliphatic rings. The quantitative estimate of drug-likeness (QED) is 0.538. The third-order valence-electron chi connectivity index (χ3n) is 3.71. The summed E-state index contributed by atoms with van der Waals surface area (Å²) in [6.45, 7) is 0.285. The van der Waals surface area contributed by atoms with E-state index in [-0.39, 0.29) is 12.5 Å². The highest BCUT2D eigenvalue weighted by Crippen LogP contribution is 2.27. The molecule has 0 saturated heterocycles. The fourth-order valence-electron chi connectivity index (χ4n) is 2.39. The molecule has 0 aliphatic heterocycles. The van der Waals surface area contributed by atoms with Gasteiger partial charge in [0.1, 0.15) is 6.54 Å². The molecule has 0 saturated carbocycles. The van der Waals surface area contributed by atoms with Crippen LogP contribution in [-0.4, -0.2) is 39.4 Å². The van der Waals surface area contributed by atoms with Crippen molar-refractivity contribution in [3.05, 3.63) is 64.6 Å². The minimum absolute atomic E-state index is 0.237. The first-order valence-corrected chi connectivity index (χ1v) is 12.3. The summed E-state index contributed by atoms with van der Waals surface area (Å²) < 4.78 is 25.9. The lowest BCUT2D eigenvalue weighted by molar-refractivity contribution is -0.119. The summed E-state index contributed by atoms with van der Waals surface area (Å²) in [4.78, 5) is 12.2. The largest absolute Gasteiger partial charge is 0.354 e. The maximum absolute atomic E-state index is 12.2. The summed E-state index contributed by atoms with van der Waals surface area (Å²) >= 11 is 5.15. The monoisotopic (exact) mass is 470 g/mol. The zero-order chi connectivity index (χ0) is 19.7. The van der Waals surface area contributed by atoms with Crippen LogP contribution in [-0.2, 0) is 20.6 Å². The molecule has 2 aromatic carbocycles. The van der Waals surface area contributed by atoms with Gasteiger partial charge in [-0.2, -0.15) is 11.8 Å². The Bertz CT molecular complexity index is 845. The number of halogens is 1. The first kappa shape index (κ1) is 21.8. The van der Waals surface area contributed by atoms with E-state index in [1.165, 1.54) is 5.56 Å². The topological polar surface area (TPSA) is 66.5 Å². The normalized spacial score (nSPS) is 11.2. The van der Waals surface area contributed by atoms with Crippen molar-refractivity contribution < 1.29 is 13.2 Å². The molecule has 0 fully saturated rings. The van der Waals surface area contributed by atoms with E-state index in [2.05, 4.69) is 33.4 Å². The molecule has 1 amide bonds. The van der Waals surface area contributed by atoms with Crippen molar-refractivity contribution in [2.24, 2.45) is 0 Å². The summed E-state index contributed by atoms with van der Waals surface area (Å²) in [5, 5.41) is 2.80. The van der Waals surface area contributed by atoms with E-state index in [0.29, 0.717) is 16.7 Å². The summed E-state index contributed by atoms with van der Waals surface area (Å²) in [6.07, 6.45) is 1.93. The second-order valence-corrected chi connectivity index (χ2v) is 9.83. The molecule has 2 rings (SSSR count). The van der Waals surface area contributed by atoms with E-state index < -0.39 is 10.0 Å². The number of carbonyl (C=O) groups is 1. The number of hydrogen-bond donors (Lipinski definition) is 1. The van der Waals surface area contributed by atoms with Gasteiger partial charge >= 0.3 is 0 Å².